The van der Waals surface area contributed by atoms with Crippen LogP contribution in [0.15, 0.2) is 35.1 Å². The molecule has 0 unspecified atom stereocenters. The second kappa shape index (κ2) is 5.23. The maximum atomic E-state index is 5.73. The molecule has 0 aliphatic rings. The average Bonchev–Trinajstić information content (AvgIpc) is 2.75. The minimum absolute atomic E-state index is 0.498. The van der Waals surface area contributed by atoms with E-state index < -0.39 is 0 Å². The van der Waals surface area contributed by atoms with Crippen molar-refractivity contribution in [3.05, 3.63) is 47.5 Å². The van der Waals surface area contributed by atoms with Crippen molar-refractivity contribution in [2.75, 3.05) is 11.9 Å². The maximum Gasteiger partial charge on any atom is 0.128 e. The van der Waals surface area contributed by atoms with E-state index in [4.69, 9.17) is 16.0 Å². The van der Waals surface area contributed by atoms with Crippen molar-refractivity contribution in [3.63, 3.8) is 0 Å². The first-order valence-electron chi connectivity index (χ1n) is 5.45. The molecule has 0 aliphatic heterocycles. The summed E-state index contributed by atoms with van der Waals surface area (Å²) in [5.41, 5.74) is 2.21. The molecule has 90 valence electrons. The fourth-order valence-corrected chi connectivity index (χ4v) is 1.79. The third kappa shape index (κ3) is 2.80. The molecule has 3 nitrogen and oxygen atoms in total. The molecule has 0 spiro atoms. The summed E-state index contributed by atoms with van der Waals surface area (Å²) in [5, 5.41) is 0. The number of alkyl halides is 1. The fraction of sp³-hybridized carbons (Fsp3) is 0.308. The lowest BCUT2D eigenvalue weighted by molar-refractivity contribution is 0.529. The van der Waals surface area contributed by atoms with Crippen LogP contribution in [-0.2, 0) is 12.4 Å². The van der Waals surface area contributed by atoms with E-state index in [-0.39, 0.29) is 0 Å². The van der Waals surface area contributed by atoms with Gasteiger partial charge < -0.3 is 9.32 Å². The highest BCUT2D eigenvalue weighted by Gasteiger charge is 2.07. The summed E-state index contributed by atoms with van der Waals surface area (Å²) >= 11 is 5.73. The molecule has 0 radical (unpaired) electrons. The molecule has 4 heteroatoms. The Hall–Kier alpha value is -1.48. The molecule has 0 atom stereocenters. The van der Waals surface area contributed by atoms with Crippen LogP contribution in [0, 0.1) is 6.92 Å². The molecule has 2 aromatic rings. The summed E-state index contributed by atoms with van der Waals surface area (Å²) < 4.78 is 5.27. The van der Waals surface area contributed by atoms with Gasteiger partial charge >= 0.3 is 0 Å². The molecule has 2 rings (SSSR count). The van der Waals surface area contributed by atoms with Crippen molar-refractivity contribution in [1.29, 1.82) is 0 Å². The topological polar surface area (TPSA) is 29.3 Å². The molecule has 0 bridgehead atoms. The third-order valence-electron chi connectivity index (χ3n) is 2.73. The zero-order valence-corrected chi connectivity index (χ0v) is 10.7. The van der Waals surface area contributed by atoms with Crippen molar-refractivity contribution >= 4 is 17.4 Å². The summed E-state index contributed by atoms with van der Waals surface area (Å²) in [7, 11) is 2.01. The number of rotatable bonds is 4. The predicted molar refractivity (Wildman–Crippen MR) is 69.3 cm³/mol. The van der Waals surface area contributed by atoms with Gasteiger partial charge in [-0.05, 0) is 24.6 Å². The standard InChI is InChI=1S/C13H15ClN2O/c1-10-12(5-6-17-10)9-16(2)13-4-3-11(7-14)8-15-13/h3-6,8H,7,9H2,1-2H3. The van der Waals surface area contributed by atoms with Crippen molar-refractivity contribution in [1.82, 2.24) is 4.98 Å². The molecular formula is C13H15ClN2O. The van der Waals surface area contributed by atoms with E-state index in [1.165, 1.54) is 5.56 Å². The van der Waals surface area contributed by atoms with E-state index in [0.717, 1.165) is 23.7 Å². The summed E-state index contributed by atoms with van der Waals surface area (Å²) in [6, 6.07) is 5.96. The van der Waals surface area contributed by atoms with E-state index >= 15 is 0 Å². The molecule has 0 saturated carbocycles. The Labute approximate surface area is 106 Å². The van der Waals surface area contributed by atoms with Gasteiger partial charge in [-0.25, -0.2) is 4.98 Å². The van der Waals surface area contributed by atoms with Gasteiger partial charge in [0.15, 0.2) is 0 Å². The number of halogens is 1. The molecule has 2 aromatic heterocycles. The second-order valence-corrected chi connectivity index (χ2v) is 4.28. The number of hydrogen-bond donors (Lipinski definition) is 0. The Kier molecular flexibility index (Phi) is 3.69. The molecule has 17 heavy (non-hydrogen) atoms. The Balaban J connectivity index is 2.09. The van der Waals surface area contributed by atoms with E-state index in [1.807, 2.05) is 32.2 Å². The van der Waals surface area contributed by atoms with E-state index in [9.17, 15) is 0 Å². The number of anilines is 1. The van der Waals surface area contributed by atoms with Crippen LogP contribution in [0.2, 0.25) is 0 Å². The van der Waals surface area contributed by atoms with E-state index in [1.54, 1.807) is 12.5 Å². The van der Waals surface area contributed by atoms with Gasteiger partial charge in [-0.2, -0.15) is 0 Å². The molecular weight excluding hydrogens is 236 g/mol. The maximum absolute atomic E-state index is 5.73. The first-order valence-corrected chi connectivity index (χ1v) is 5.99. The monoisotopic (exact) mass is 250 g/mol. The summed E-state index contributed by atoms with van der Waals surface area (Å²) in [5.74, 6) is 2.38. The Morgan fingerprint density at radius 3 is 2.71 bits per heavy atom. The van der Waals surface area contributed by atoms with Crippen LogP contribution in [0.1, 0.15) is 16.9 Å². The van der Waals surface area contributed by atoms with Gasteiger partial charge in [0, 0.05) is 31.2 Å². The minimum atomic E-state index is 0.498. The van der Waals surface area contributed by atoms with Crippen LogP contribution in [0.5, 0.6) is 0 Å². The Morgan fingerprint density at radius 2 is 2.18 bits per heavy atom. The zero-order chi connectivity index (χ0) is 12.3. The van der Waals surface area contributed by atoms with Crippen LogP contribution in [0.3, 0.4) is 0 Å². The average molecular weight is 251 g/mol. The molecule has 0 N–H and O–H groups in total. The highest BCUT2D eigenvalue weighted by molar-refractivity contribution is 6.17. The number of nitrogens with zero attached hydrogens (tertiary/aromatic N) is 2. The van der Waals surface area contributed by atoms with Gasteiger partial charge in [0.1, 0.15) is 11.6 Å². The fourth-order valence-electron chi connectivity index (χ4n) is 1.63. The van der Waals surface area contributed by atoms with Gasteiger partial charge in [-0.3, -0.25) is 0 Å². The van der Waals surface area contributed by atoms with Crippen LogP contribution >= 0.6 is 11.6 Å². The highest BCUT2D eigenvalue weighted by Crippen LogP contribution is 2.16. The van der Waals surface area contributed by atoms with Crippen molar-refractivity contribution in [3.8, 4) is 0 Å². The van der Waals surface area contributed by atoms with Gasteiger partial charge in [-0.15, -0.1) is 11.6 Å². The molecule has 0 fully saturated rings. The number of pyridine rings is 1. The van der Waals surface area contributed by atoms with Gasteiger partial charge in [0.25, 0.3) is 0 Å². The first kappa shape index (κ1) is 12.0. The lowest BCUT2D eigenvalue weighted by Crippen LogP contribution is -2.17. The number of aromatic nitrogens is 1. The Morgan fingerprint density at radius 1 is 1.35 bits per heavy atom. The lowest BCUT2D eigenvalue weighted by atomic mass is 10.2. The smallest absolute Gasteiger partial charge is 0.128 e. The van der Waals surface area contributed by atoms with Crippen molar-refractivity contribution in [2.24, 2.45) is 0 Å². The second-order valence-electron chi connectivity index (χ2n) is 4.02. The van der Waals surface area contributed by atoms with Gasteiger partial charge in [-0.1, -0.05) is 6.07 Å². The van der Waals surface area contributed by atoms with Crippen LogP contribution in [-0.4, -0.2) is 12.0 Å². The highest BCUT2D eigenvalue weighted by atomic mass is 35.5. The SMILES string of the molecule is Cc1occc1CN(C)c1ccc(CCl)cn1. The van der Waals surface area contributed by atoms with E-state index in [0.29, 0.717) is 5.88 Å². The van der Waals surface area contributed by atoms with Crippen LogP contribution < -0.4 is 4.90 Å². The minimum Gasteiger partial charge on any atom is -0.469 e. The van der Waals surface area contributed by atoms with Gasteiger partial charge in [0.05, 0.1) is 6.26 Å². The Bertz CT molecular complexity index is 478. The normalized spacial score (nSPS) is 10.5. The van der Waals surface area contributed by atoms with Crippen LogP contribution in [0.25, 0.3) is 0 Å². The van der Waals surface area contributed by atoms with Gasteiger partial charge in [0.2, 0.25) is 0 Å². The largest absolute Gasteiger partial charge is 0.469 e. The number of furan rings is 1. The summed E-state index contributed by atoms with van der Waals surface area (Å²) in [6.45, 7) is 2.75. The quantitative estimate of drug-likeness (QED) is 0.780. The zero-order valence-electron chi connectivity index (χ0n) is 9.98. The van der Waals surface area contributed by atoms with Crippen molar-refractivity contribution < 1.29 is 4.42 Å². The van der Waals surface area contributed by atoms with Crippen LogP contribution in [0.4, 0.5) is 5.82 Å². The summed E-state index contributed by atoms with van der Waals surface area (Å²) in [6.07, 6.45) is 3.52. The molecule has 0 amide bonds. The molecule has 0 aliphatic carbocycles. The lowest BCUT2D eigenvalue weighted by Gasteiger charge is -2.17. The molecule has 2 heterocycles. The number of hydrogen-bond acceptors (Lipinski definition) is 3. The predicted octanol–water partition coefficient (Wildman–Crippen LogP) is 3.36. The first-order chi connectivity index (χ1) is 8.20. The molecule has 0 aromatic carbocycles. The third-order valence-corrected chi connectivity index (χ3v) is 3.04. The number of aryl methyl sites for hydroxylation is 1. The van der Waals surface area contributed by atoms with Crippen molar-refractivity contribution in [2.45, 2.75) is 19.3 Å². The molecule has 0 saturated heterocycles. The van der Waals surface area contributed by atoms with E-state index in [2.05, 4.69) is 9.88 Å². The summed E-state index contributed by atoms with van der Waals surface area (Å²) in [4.78, 5) is 6.45.